The normalized spacial score (nSPS) is 12.8. The van der Waals surface area contributed by atoms with Crippen LogP contribution in [-0.4, -0.2) is 15.3 Å². The predicted molar refractivity (Wildman–Crippen MR) is 55.8 cm³/mol. The number of aliphatic hydroxyl groups excluding tert-OH is 1. The van der Waals surface area contributed by atoms with Gasteiger partial charge in [0.2, 0.25) is 0 Å². The van der Waals surface area contributed by atoms with Crippen molar-refractivity contribution in [2.45, 2.75) is 37.2 Å². The van der Waals surface area contributed by atoms with E-state index in [4.69, 9.17) is 5.11 Å². The molecule has 1 heterocycles. The lowest BCUT2D eigenvalue weighted by Gasteiger charge is -2.09. The van der Waals surface area contributed by atoms with Gasteiger partial charge in [0, 0.05) is 17.0 Å². The Labute approximate surface area is 83.4 Å². The van der Waals surface area contributed by atoms with Crippen molar-refractivity contribution < 1.29 is 5.11 Å². The molecule has 0 saturated heterocycles. The van der Waals surface area contributed by atoms with Gasteiger partial charge in [-0.25, -0.2) is 4.98 Å². The Kier molecular flexibility index (Phi) is 4.25. The first-order valence-corrected chi connectivity index (χ1v) is 5.37. The quantitative estimate of drug-likeness (QED) is 0.753. The van der Waals surface area contributed by atoms with Gasteiger partial charge in [0.25, 0.3) is 0 Å². The van der Waals surface area contributed by atoms with Crippen LogP contribution in [-0.2, 0) is 6.61 Å². The highest BCUT2D eigenvalue weighted by molar-refractivity contribution is 7.99. The van der Waals surface area contributed by atoms with Crippen molar-refractivity contribution in [2.24, 2.45) is 0 Å². The second-order valence-corrected chi connectivity index (χ2v) is 4.39. The summed E-state index contributed by atoms with van der Waals surface area (Å²) in [4.78, 5) is 4.24. The maximum Gasteiger partial charge on any atom is 0.102 e. The van der Waals surface area contributed by atoms with Crippen molar-refractivity contribution in [1.29, 1.82) is 0 Å². The van der Waals surface area contributed by atoms with E-state index in [1.807, 2.05) is 12.1 Å². The molecule has 1 atom stereocenters. The zero-order valence-electron chi connectivity index (χ0n) is 8.03. The third-order valence-electron chi connectivity index (χ3n) is 1.91. The number of nitrogens with zero attached hydrogens (tertiary/aromatic N) is 1. The van der Waals surface area contributed by atoms with Crippen molar-refractivity contribution in [3.63, 3.8) is 0 Å². The Morgan fingerprint density at radius 1 is 1.62 bits per heavy atom. The van der Waals surface area contributed by atoms with Crippen molar-refractivity contribution >= 4 is 11.8 Å². The van der Waals surface area contributed by atoms with E-state index in [0.717, 1.165) is 17.0 Å². The van der Waals surface area contributed by atoms with Crippen LogP contribution in [0.2, 0.25) is 0 Å². The van der Waals surface area contributed by atoms with Crippen LogP contribution in [0.15, 0.2) is 23.4 Å². The summed E-state index contributed by atoms with van der Waals surface area (Å²) in [5.41, 5.74) is 0.924. The van der Waals surface area contributed by atoms with Gasteiger partial charge in [0.05, 0.1) is 6.61 Å². The molecule has 1 aromatic rings. The maximum absolute atomic E-state index is 9.05. The minimum atomic E-state index is 0.0760. The molecule has 0 aliphatic rings. The lowest BCUT2D eigenvalue weighted by Crippen LogP contribution is -1.97. The van der Waals surface area contributed by atoms with Crippen molar-refractivity contribution in [3.8, 4) is 0 Å². The summed E-state index contributed by atoms with van der Waals surface area (Å²) in [6.07, 6.45) is 2.88. The molecule has 0 aliphatic carbocycles. The van der Waals surface area contributed by atoms with Crippen molar-refractivity contribution in [2.75, 3.05) is 0 Å². The number of aliphatic hydroxyl groups is 1. The van der Waals surface area contributed by atoms with Crippen molar-refractivity contribution in [3.05, 3.63) is 23.9 Å². The van der Waals surface area contributed by atoms with E-state index >= 15 is 0 Å². The third-order valence-corrected chi connectivity index (χ3v) is 3.23. The molecule has 1 aromatic heterocycles. The lowest BCUT2D eigenvalue weighted by molar-refractivity contribution is 0.278. The van der Waals surface area contributed by atoms with Gasteiger partial charge in [-0.3, -0.25) is 0 Å². The highest BCUT2D eigenvalue weighted by Gasteiger charge is 2.06. The molecule has 0 bridgehead atoms. The van der Waals surface area contributed by atoms with Gasteiger partial charge >= 0.3 is 0 Å². The van der Waals surface area contributed by atoms with Crippen LogP contribution in [0, 0.1) is 0 Å². The fourth-order valence-corrected chi connectivity index (χ4v) is 1.88. The Morgan fingerprint density at radius 3 is 3.00 bits per heavy atom. The highest BCUT2D eigenvalue weighted by atomic mass is 32.2. The molecule has 2 nitrogen and oxygen atoms in total. The number of rotatable bonds is 4. The van der Waals surface area contributed by atoms with E-state index in [9.17, 15) is 0 Å². The minimum absolute atomic E-state index is 0.0760. The first kappa shape index (κ1) is 10.5. The largest absolute Gasteiger partial charge is 0.392 e. The smallest absolute Gasteiger partial charge is 0.102 e. The molecule has 0 saturated carbocycles. The van der Waals surface area contributed by atoms with E-state index in [1.165, 1.54) is 0 Å². The Hall–Kier alpha value is -0.540. The number of hydrogen-bond acceptors (Lipinski definition) is 3. The molecular formula is C10H15NOS. The van der Waals surface area contributed by atoms with Crippen LogP contribution >= 0.6 is 11.8 Å². The molecule has 0 fully saturated rings. The van der Waals surface area contributed by atoms with Crippen LogP contribution in [0.3, 0.4) is 0 Å². The summed E-state index contributed by atoms with van der Waals surface area (Å²) in [5, 5.41) is 10.6. The molecule has 3 heteroatoms. The fraction of sp³-hybridized carbons (Fsp3) is 0.500. The molecule has 13 heavy (non-hydrogen) atoms. The summed E-state index contributed by atoms with van der Waals surface area (Å²) in [7, 11) is 0. The van der Waals surface area contributed by atoms with Gasteiger partial charge in [-0.1, -0.05) is 19.9 Å². The van der Waals surface area contributed by atoms with Crippen molar-refractivity contribution in [1.82, 2.24) is 4.98 Å². The Morgan fingerprint density at radius 2 is 2.38 bits per heavy atom. The SMILES string of the molecule is CCC(C)Sc1ncccc1CO. The zero-order chi connectivity index (χ0) is 9.68. The summed E-state index contributed by atoms with van der Waals surface area (Å²) >= 11 is 1.72. The predicted octanol–water partition coefficient (Wildman–Crippen LogP) is 2.46. The van der Waals surface area contributed by atoms with Gasteiger partial charge in [-0.15, -0.1) is 11.8 Å². The van der Waals surface area contributed by atoms with Gasteiger partial charge in [-0.05, 0) is 12.5 Å². The average molecular weight is 197 g/mol. The standard InChI is InChI=1S/C10H15NOS/c1-3-8(2)13-10-9(7-12)5-4-6-11-10/h4-6,8,12H,3,7H2,1-2H3. The molecule has 0 radical (unpaired) electrons. The van der Waals surface area contributed by atoms with E-state index in [-0.39, 0.29) is 6.61 Å². The second kappa shape index (κ2) is 5.25. The molecule has 0 amide bonds. The number of pyridine rings is 1. The molecule has 1 rings (SSSR count). The number of hydrogen-bond donors (Lipinski definition) is 1. The van der Waals surface area contributed by atoms with Crippen LogP contribution in [0.5, 0.6) is 0 Å². The minimum Gasteiger partial charge on any atom is -0.392 e. The monoisotopic (exact) mass is 197 g/mol. The van der Waals surface area contributed by atoms with Gasteiger partial charge < -0.3 is 5.11 Å². The van der Waals surface area contributed by atoms with Crippen LogP contribution in [0.4, 0.5) is 0 Å². The third kappa shape index (κ3) is 3.01. The van der Waals surface area contributed by atoms with E-state index in [0.29, 0.717) is 5.25 Å². The highest BCUT2D eigenvalue weighted by Crippen LogP contribution is 2.25. The van der Waals surface area contributed by atoms with Gasteiger partial charge in [0.15, 0.2) is 0 Å². The maximum atomic E-state index is 9.05. The first-order valence-electron chi connectivity index (χ1n) is 4.49. The van der Waals surface area contributed by atoms with E-state index in [1.54, 1.807) is 18.0 Å². The van der Waals surface area contributed by atoms with Gasteiger partial charge in [0.1, 0.15) is 5.03 Å². The Bertz CT molecular complexity index is 265. The topological polar surface area (TPSA) is 33.1 Å². The molecule has 0 aromatic carbocycles. The molecule has 1 N–H and O–H groups in total. The molecule has 72 valence electrons. The summed E-state index contributed by atoms with van der Waals surface area (Å²) < 4.78 is 0. The zero-order valence-corrected chi connectivity index (χ0v) is 8.84. The van der Waals surface area contributed by atoms with E-state index < -0.39 is 0 Å². The molecule has 0 spiro atoms. The van der Waals surface area contributed by atoms with E-state index in [2.05, 4.69) is 18.8 Å². The summed E-state index contributed by atoms with van der Waals surface area (Å²) in [5.74, 6) is 0. The van der Waals surface area contributed by atoms with Crippen LogP contribution in [0.25, 0.3) is 0 Å². The number of thioether (sulfide) groups is 1. The molecule has 1 unspecified atom stereocenters. The van der Waals surface area contributed by atoms with Crippen LogP contribution in [0.1, 0.15) is 25.8 Å². The second-order valence-electron chi connectivity index (χ2n) is 2.96. The summed E-state index contributed by atoms with van der Waals surface area (Å²) in [6, 6.07) is 3.77. The molecular weight excluding hydrogens is 182 g/mol. The van der Waals surface area contributed by atoms with Gasteiger partial charge in [-0.2, -0.15) is 0 Å². The first-order chi connectivity index (χ1) is 6.27. The van der Waals surface area contributed by atoms with Crippen LogP contribution < -0.4 is 0 Å². The lowest BCUT2D eigenvalue weighted by atomic mass is 10.3. The average Bonchev–Trinajstić information content (AvgIpc) is 2.18. The Balaban J connectivity index is 2.74. The summed E-state index contributed by atoms with van der Waals surface area (Å²) in [6.45, 7) is 4.40. The fourth-order valence-electron chi connectivity index (χ4n) is 0.924. The number of aromatic nitrogens is 1. The molecule has 0 aliphatic heterocycles.